The van der Waals surface area contributed by atoms with Crippen molar-refractivity contribution < 1.29 is 18.7 Å². The number of carbonyl (C=O) groups is 2. The van der Waals surface area contributed by atoms with E-state index in [1.54, 1.807) is 6.07 Å². The van der Waals surface area contributed by atoms with Crippen LogP contribution in [0.15, 0.2) is 41.0 Å². The van der Waals surface area contributed by atoms with Gasteiger partial charge in [0.25, 0.3) is 0 Å². The summed E-state index contributed by atoms with van der Waals surface area (Å²) in [6.07, 6.45) is 1.22. The molecule has 0 bridgehead atoms. The zero-order valence-corrected chi connectivity index (χ0v) is 12.0. The van der Waals surface area contributed by atoms with E-state index in [0.717, 1.165) is 0 Å². The van der Waals surface area contributed by atoms with Crippen molar-refractivity contribution >= 4 is 27.7 Å². The summed E-state index contributed by atoms with van der Waals surface area (Å²) in [6.45, 7) is 0. The smallest absolute Gasteiger partial charge is 0.339 e. The highest BCUT2D eigenvalue weighted by Gasteiger charge is 2.16. The number of ether oxygens (including phenoxy) is 1. The lowest BCUT2D eigenvalue weighted by Gasteiger charge is -2.03. The van der Waals surface area contributed by atoms with Gasteiger partial charge in [0.05, 0.1) is 18.2 Å². The molecular weight excluding hydrogens is 329 g/mol. The number of hydrogen-bond acceptors (Lipinski definition) is 4. The Morgan fingerprint density at radius 1 is 1.25 bits per heavy atom. The molecule has 0 fully saturated rings. The Morgan fingerprint density at radius 3 is 2.55 bits per heavy atom. The molecular formula is C14H9BrFNO3. The molecule has 0 saturated heterocycles. The highest BCUT2D eigenvalue weighted by molar-refractivity contribution is 9.10. The monoisotopic (exact) mass is 337 g/mol. The lowest BCUT2D eigenvalue weighted by Crippen LogP contribution is -2.08. The number of halogens is 2. The number of methoxy groups -OCH3 is 1. The summed E-state index contributed by atoms with van der Waals surface area (Å²) in [5.41, 5.74) is 0.200. The largest absolute Gasteiger partial charge is 0.465 e. The van der Waals surface area contributed by atoms with E-state index in [4.69, 9.17) is 0 Å². The average Bonchev–Trinajstić information content (AvgIpc) is 2.46. The van der Waals surface area contributed by atoms with Crippen LogP contribution in [-0.4, -0.2) is 23.8 Å². The molecule has 4 nitrogen and oxygen atoms in total. The molecule has 1 aromatic heterocycles. The second-order valence-corrected chi connectivity index (χ2v) is 4.79. The standard InChI is InChI=1S/C14H9BrFNO3/c1-20-14(19)8-2-5-12(17-7-8)13(18)10-4-3-9(15)6-11(10)16/h2-7H,1H3. The summed E-state index contributed by atoms with van der Waals surface area (Å²) in [5, 5.41) is 0. The van der Waals surface area contributed by atoms with Crippen LogP contribution in [0.25, 0.3) is 0 Å². The van der Waals surface area contributed by atoms with E-state index in [0.29, 0.717) is 4.47 Å². The van der Waals surface area contributed by atoms with Crippen molar-refractivity contribution in [2.24, 2.45) is 0 Å². The molecule has 0 radical (unpaired) electrons. The number of esters is 1. The quantitative estimate of drug-likeness (QED) is 0.638. The summed E-state index contributed by atoms with van der Waals surface area (Å²) >= 11 is 3.12. The minimum atomic E-state index is -0.636. The van der Waals surface area contributed by atoms with E-state index in [1.807, 2.05) is 0 Å². The van der Waals surface area contributed by atoms with Gasteiger partial charge in [-0.2, -0.15) is 0 Å². The lowest BCUT2D eigenvalue weighted by atomic mass is 10.1. The first kappa shape index (κ1) is 14.3. The van der Waals surface area contributed by atoms with Gasteiger partial charge < -0.3 is 4.74 Å². The van der Waals surface area contributed by atoms with Crippen LogP contribution >= 0.6 is 15.9 Å². The first-order valence-corrected chi connectivity index (χ1v) is 6.36. The second kappa shape index (κ2) is 5.92. The van der Waals surface area contributed by atoms with Crippen molar-refractivity contribution in [3.8, 4) is 0 Å². The topological polar surface area (TPSA) is 56.3 Å². The van der Waals surface area contributed by atoms with Gasteiger partial charge in [0, 0.05) is 10.7 Å². The highest BCUT2D eigenvalue weighted by atomic mass is 79.9. The fraction of sp³-hybridized carbons (Fsp3) is 0.0714. The van der Waals surface area contributed by atoms with Crippen LogP contribution in [0.4, 0.5) is 4.39 Å². The first-order chi connectivity index (χ1) is 9.52. The van der Waals surface area contributed by atoms with Crippen molar-refractivity contribution in [2.75, 3.05) is 7.11 Å². The van der Waals surface area contributed by atoms with Crippen molar-refractivity contribution in [1.29, 1.82) is 0 Å². The number of benzene rings is 1. The molecule has 0 amide bonds. The van der Waals surface area contributed by atoms with Crippen LogP contribution in [0.2, 0.25) is 0 Å². The fourth-order valence-electron chi connectivity index (χ4n) is 1.58. The number of nitrogens with zero attached hydrogens (tertiary/aromatic N) is 1. The molecule has 20 heavy (non-hydrogen) atoms. The average molecular weight is 338 g/mol. The third-order valence-corrected chi connectivity index (χ3v) is 3.09. The van der Waals surface area contributed by atoms with Crippen LogP contribution in [0.3, 0.4) is 0 Å². The Labute approximate surface area is 122 Å². The van der Waals surface area contributed by atoms with Gasteiger partial charge in [-0.05, 0) is 30.3 Å². The highest BCUT2D eigenvalue weighted by Crippen LogP contribution is 2.18. The van der Waals surface area contributed by atoms with Crippen molar-refractivity contribution in [2.45, 2.75) is 0 Å². The first-order valence-electron chi connectivity index (χ1n) is 5.57. The lowest BCUT2D eigenvalue weighted by molar-refractivity contribution is 0.0600. The van der Waals surface area contributed by atoms with Crippen LogP contribution in [-0.2, 0) is 4.74 Å². The van der Waals surface area contributed by atoms with Gasteiger partial charge in [0.15, 0.2) is 0 Å². The molecule has 0 spiro atoms. The van der Waals surface area contributed by atoms with Crippen LogP contribution in [0.5, 0.6) is 0 Å². The van der Waals surface area contributed by atoms with Gasteiger partial charge >= 0.3 is 5.97 Å². The van der Waals surface area contributed by atoms with E-state index in [9.17, 15) is 14.0 Å². The summed E-state index contributed by atoms with van der Waals surface area (Å²) in [4.78, 5) is 27.2. The van der Waals surface area contributed by atoms with Gasteiger partial charge in [-0.25, -0.2) is 9.18 Å². The maximum atomic E-state index is 13.7. The molecule has 0 atom stereocenters. The molecule has 0 aliphatic rings. The number of hydrogen-bond donors (Lipinski definition) is 0. The Hall–Kier alpha value is -2.08. The third kappa shape index (κ3) is 2.91. The summed E-state index contributed by atoms with van der Waals surface area (Å²) in [7, 11) is 1.25. The van der Waals surface area contributed by atoms with E-state index in [2.05, 4.69) is 25.7 Å². The predicted molar refractivity (Wildman–Crippen MR) is 73.1 cm³/mol. The maximum Gasteiger partial charge on any atom is 0.339 e. The van der Waals surface area contributed by atoms with Crippen LogP contribution in [0, 0.1) is 5.82 Å². The van der Waals surface area contributed by atoms with Crippen molar-refractivity contribution in [1.82, 2.24) is 4.98 Å². The number of ketones is 1. The van der Waals surface area contributed by atoms with E-state index in [1.165, 1.54) is 37.6 Å². The molecule has 0 unspecified atom stereocenters. The zero-order valence-electron chi connectivity index (χ0n) is 10.4. The van der Waals surface area contributed by atoms with Gasteiger partial charge in [-0.15, -0.1) is 0 Å². The van der Waals surface area contributed by atoms with Gasteiger partial charge in [-0.1, -0.05) is 15.9 Å². The van der Waals surface area contributed by atoms with Crippen LogP contribution in [0.1, 0.15) is 26.4 Å². The normalized spacial score (nSPS) is 10.2. The molecule has 0 aliphatic heterocycles. The Kier molecular flexibility index (Phi) is 4.24. The van der Waals surface area contributed by atoms with Crippen molar-refractivity contribution in [3.05, 3.63) is 63.6 Å². The Balaban J connectivity index is 2.31. The third-order valence-electron chi connectivity index (χ3n) is 2.59. The van der Waals surface area contributed by atoms with E-state index < -0.39 is 17.6 Å². The maximum absolute atomic E-state index is 13.7. The minimum absolute atomic E-state index is 0.0545. The van der Waals surface area contributed by atoms with Gasteiger partial charge in [0.2, 0.25) is 5.78 Å². The second-order valence-electron chi connectivity index (χ2n) is 3.88. The minimum Gasteiger partial charge on any atom is -0.465 e. The number of pyridine rings is 1. The van der Waals surface area contributed by atoms with Gasteiger partial charge in [0.1, 0.15) is 11.5 Å². The van der Waals surface area contributed by atoms with Crippen molar-refractivity contribution in [3.63, 3.8) is 0 Å². The molecule has 1 aromatic carbocycles. The molecule has 2 rings (SSSR count). The molecule has 6 heteroatoms. The van der Waals surface area contributed by atoms with Gasteiger partial charge in [-0.3, -0.25) is 9.78 Å². The zero-order chi connectivity index (χ0) is 14.7. The molecule has 2 aromatic rings. The van der Waals surface area contributed by atoms with Crippen LogP contribution < -0.4 is 0 Å². The van der Waals surface area contributed by atoms with E-state index in [-0.39, 0.29) is 16.8 Å². The Morgan fingerprint density at radius 2 is 2.00 bits per heavy atom. The number of carbonyl (C=O) groups excluding carboxylic acids is 2. The SMILES string of the molecule is COC(=O)c1ccc(C(=O)c2ccc(Br)cc2F)nc1. The fourth-order valence-corrected chi connectivity index (χ4v) is 1.91. The molecule has 102 valence electrons. The summed E-state index contributed by atoms with van der Waals surface area (Å²) in [5.74, 6) is -1.74. The molecule has 1 heterocycles. The number of rotatable bonds is 3. The predicted octanol–water partition coefficient (Wildman–Crippen LogP) is 3.00. The molecule has 0 saturated carbocycles. The van der Waals surface area contributed by atoms with E-state index >= 15 is 0 Å². The molecule has 0 N–H and O–H groups in total. The number of aromatic nitrogens is 1. The Bertz CT molecular complexity index is 671. The molecule has 0 aliphatic carbocycles. The summed E-state index contributed by atoms with van der Waals surface area (Å²) < 4.78 is 18.8. The summed E-state index contributed by atoms with van der Waals surface area (Å²) in [6, 6.07) is 6.91.